The lowest BCUT2D eigenvalue weighted by Gasteiger charge is -2.22. The van der Waals surface area contributed by atoms with Crippen LogP contribution < -0.4 is 16.0 Å². The average molecular weight is 249 g/mol. The van der Waals surface area contributed by atoms with Gasteiger partial charge in [0, 0.05) is 13.1 Å². The van der Waals surface area contributed by atoms with Crippen LogP contribution in [0.2, 0.25) is 0 Å². The Morgan fingerprint density at radius 2 is 2.22 bits per heavy atom. The first-order valence-electron chi connectivity index (χ1n) is 5.75. The molecule has 0 saturated carbocycles. The number of nitrogens with zero attached hydrogens (tertiary/aromatic N) is 1. The summed E-state index contributed by atoms with van der Waals surface area (Å²) < 4.78 is 0. The number of rotatable bonds is 2. The zero-order chi connectivity index (χ0) is 13.1. The second-order valence-corrected chi connectivity index (χ2v) is 4.07. The van der Waals surface area contributed by atoms with E-state index in [2.05, 4.69) is 5.32 Å². The maximum Gasteiger partial charge on any atom is 0.335 e. The van der Waals surface area contributed by atoms with Crippen LogP contribution >= 0.6 is 0 Å². The highest BCUT2D eigenvalue weighted by molar-refractivity contribution is 6.00. The summed E-state index contributed by atoms with van der Waals surface area (Å²) in [5, 5.41) is 12.2. The Hall–Kier alpha value is -2.08. The Labute approximate surface area is 104 Å². The van der Waals surface area contributed by atoms with Gasteiger partial charge in [0.15, 0.2) is 0 Å². The molecule has 18 heavy (non-hydrogen) atoms. The summed E-state index contributed by atoms with van der Waals surface area (Å²) in [6, 6.07) is 4.70. The van der Waals surface area contributed by atoms with Crippen LogP contribution in [0.1, 0.15) is 16.8 Å². The highest BCUT2D eigenvalue weighted by atomic mass is 16.4. The van der Waals surface area contributed by atoms with Gasteiger partial charge in [-0.25, -0.2) is 4.79 Å². The Balaban J connectivity index is 2.47. The highest BCUT2D eigenvalue weighted by Crippen LogP contribution is 2.29. The van der Waals surface area contributed by atoms with Crippen molar-refractivity contribution in [2.45, 2.75) is 6.42 Å². The van der Waals surface area contributed by atoms with E-state index in [1.165, 1.54) is 12.1 Å². The fourth-order valence-corrected chi connectivity index (χ4v) is 1.99. The second-order valence-electron chi connectivity index (χ2n) is 4.07. The smallest absolute Gasteiger partial charge is 0.335 e. The summed E-state index contributed by atoms with van der Waals surface area (Å²) in [7, 11) is 0. The van der Waals surface area contributed by atoms with Crippen LogP contribution in [-0.4, -0.2) is 36.6 Å². The van der Waals surface area contributed by atoms with Crippen molar-refractivity contribution in [3.05, 3.63) is 23.8 Å². The molecule has 2 rings (SSSR count). The van der Waals surface area contributed by atoms with Crippen LogP contribution in [0.4, 0.5) is 11.4 Å². The van der Waals surface area contributed by atoms with Gasteiger partial charge in [-0.1, -0.05) is 0 Å². The monoisotopic (exact) mass is 249 g/mol. The molecule has 6 heteroatoms. The summed E-state index contributed by atoms with van der Waals surface area (Å²) in [6.07, 6.45) is 0.794. The van der Waals surface area contributed by atoms with Crippen molar-refractivity contribution >= 4 is 23.3 Å². The summed E-state index contributed by atoms with van der Waals surface area (Å²) in [6.45, 7) is 1.20. The Morgan fingerprint density at radius 3 is 2.89 bits per heavy atom. The fourth-order valence-electron chi connectivity index (χ4n) is 1.99. The molecular weight excluding hydrogens is 234 g/mol. The summed E-state index contributed by atoms with van der Waals surface area (Å²) in [4.78, 5) is 24.3. The van der Waals surface area contributed by atoms with E-state index in [4.69, 9.17) is 10.8 Å². The molecule has 1 amide bonds. The van der Waals surface area contributed by atoms with Gasteiger partial charge in [0.25, 0.3) is 0 Å². The summed E-state index contributed by atoms with van der Waals surface area (Å²) >= 11 is 0. The van der Waals surface area contributed by atoms with Crippen LogP contribution in [0.5, 0.6) is 0 Å². The number of fused-ring (bicyclic) bond motifs is 1. The van der Waals surface area contributed by atoms with E-state index in [-0.39, 0.29) is 18.0 Å². The third-order valence-corrected chi connectivity index (χ3v) is 2.89. The SMILES string of the molecule is NCC(=O)N1CCCNc2ccc(C(=O)O)cc21. The van der Waals surface area contributed by atoms with Gasteiger partial charge in [0.2, 0.25) is 5.91 Å². The molecule has 0 atom stereocenters. The van der Waals surface area contributed by atoms with Crippen LogP contribution in [-0.2, 0) is 4.79 Å². The lowest BCUT2D eigenvalue weighted by molar-refractivity contribution is -0.117. The lowest BCUT2D eigenvalue weighted by atomic mass is 10.1. The molecule has 0 fully saturated rings. The number of amides is 1. The molecule has 96 valence electrons. The van der Waals surface area contributed by atoms with Gasteiger partial charge >= 0.3 is 5.97 Å². The van der Waals surface area contributed by atoms with Gasteiger partial charge < -0.3 is 21.1 Å². The molecule has 0 unspecified atom stereocenters. The molecule has 0 saturated heterocycles. The third-order valence-electron chi connectivity index (χ3n) is 2.89. The number of benzene rings is 1. The lowest BCUT2D eigenvalue weighted by Crippen LogP contribution is -2.36. The number of carbonyl (C=O) groups is 2. The number of aromatic carboxylic acids is 1. The Bertz CT molecular complexity index is 487. The molecule has 1 aromatic carbocycles. The zero-order valence-electron chi connectivity index (χ0n) is 9.85. The summed E-state index contributed by atoms with van der Waals surface area (Å²) in [5.41, 5.74) is 6.89. The predicted octanol–water partition coefficient (Wildman–Crippen LogP) is 0.492. The van der Waals surface area contributed by atoms with Crippen LogP contribution in [0.15, 0.2) is 18.2 Å². The molecule has 0 aliphatic carbocycles. The molecule has 0 spiro atoms. The number of carbonyl (C=O) groups excluding carboxylic acids is 1. The topological polar surface area (TPSA) is 95.7 Å². The average Bonchev–Trinajstić information content (AvgIpc) is 2.59. The van der Waals surface area contributed by atoms with E-state index in [0.29, 0.717) is 12.2 Å². The van der Waals surface area contributed by atoms with Crippen molar-refractivity contribution in [2.24, 2.45) is 5.73 Å². The van der Waals surface area contributed by atoms with Crippen molar-refractivity contribution in [2.75, 3.05) is 29.9 Å². The van der Waals surface area contributed by atoms with Gasteiger partial charge in [-0.05, 0) is 24.6 Å². The first-order chi connectivity index (χ1) is 8.63. The largest absolute Gasteiger partial charge is 0.478 e. The maximum atomic E-state index is 11.8. The quantitative estimate of drug-likeness (QED) is 0.709. The van der Waals surface area contributed by atoms with E-state index in [9.17, 15) is 9.59 Å². The molecule has 0 bridgehead atoms. The number of hydrogen-bond donors (Lipinski definition) is 3. The molecule has 0 radical (unpaired) electrons. The van der Waals surface area contributed by atoms with Gasteiger partial charge in [-0.3, -0.25) is 4.79 Å². The molecule has 4 N–H and O–H groups in total. The van der Waals surface area contributed by atoms with Crippen LogP contribution in [0.3, 0.4) is 0 Å². The minimum atomic E-state index is -1.01. The van der Waals surface area contributed by atoms with E-state index in [1.54, 1.807) is 11.0 Å². The summed E-state index contributed by atoms with van der Waals surface area (Å²) in [5.74, 6) is -1.22. The molecule has 1 heterocycles. The molecule has 0 aromatic heterocycles. The zero-order valence-corrected chi connectivity index (χ0v) is 9.85. The Kier molecular flexibility index (Phi) is 3.47. The van der Waals surface area contributed by atoms with Crippen molar-refractivity contribution in [1.29, 1.82) is 0 Å². The minimum Gasteiger partial charge on any atom is -0.478 e. The standard InChI is InChI=1S/C12H15N3O3/c13-7-11(16)15-5-1-4-14-9-3-2-8(12(17)18)6-10(9)15/h2-3,6,14H,1,4-5,7,13H2,(H,17,18). The number of nitrogens with one attached hydrogen (secondary N) is 1. The van der Waals surface area contributed by atoms with Gasteiger partial charge in [0.1, 0.15) is 0 Å². The third kappa shape index (κ3) is 2.28. The van der Waals surface area contributed by atoms with Gasteiger partial charge in [-0.15, -0.1) is 0 Å². The molecular formula is C12H15N3O3. The van der Waals surface area contributed by atoms with E-state index in [0.717, 1.165) is 18.7 Å². The molecule has 6 nitrogen and oxygen atoms in total. The van der Waals surface area contributed by atoms with Crippen molar-refractivity contribution in [3.63, 3.8) is 0 Å². The molecule has 1 aliphatic rings. The van der Waals surface area contributed by atoms with E-state index < -0.39 is 5.97 Å². The van der Waals surface area contributed by atoms with Crippen molar-refractivity contribution in [1.82, 2.24) is 0 Å². The van der Waals surface area contributed by atoms with Crippen LogP contribution in [0, 0.1) is 0 Å². The first-order valence-corrected chi connectivity index (χ1v) is 5.75. The van der Waals surface area contributed by atoms with Crippen molar-refractivity contribution < 1.29 is 14.7 Å². The predicted molar refractivity (Wildman–Crippen MR) is 67.9 cm³/mol. The van der Waals surface area contributed by atoms with Gasteiger partial charge in [-0.2, -0.15) is 0 Å². The molecule has 1 aliphatic heterocycles. The van der Waals surface area contributed by atoms with E-state index in [1.807, 2.05) is 0 Å². The van der Waals surface area contributed by atoms with E-state index >= 15 is 0 Å². The fraction of sp³-hybridized carbons (Fsp3) is 0.333. The molecule has 1 aromatic rings. The van der Waals surface area contributed by atoms with Crippen molar-refractivity contribution in [3.8, 4) is 0 Å². The number of nitrogens with two attached hydrogens (primary N) is 1. The Morgan fingerprint density at radius 1 is 1.44 bits per heavy atom. The number of anilines is 2. The normalized spacial score (nSPS) is 14.4. The highest BCUT2D eigenvalue weighted by Gasteiger charge is 2.21. The minimum absolute atomic E-state index is 0.0866. The second kappa shape index (κ2) is 5.05. The number of carboxylic acid groups (broad SMARTS) is 1. The van der Waals surface area contributed by atoms with Crippen LogP contribution in [0.25, 0.3) is 0 Å². The number of carboxylic acids is 1. The maximum absolute atomic E-state index is 11.8. The number of hydrogen-bond acceptors (Lipinski definition) is 4. The van der Waals surface area contributed by atoms with Gasteiger partial charge in [0.05, 0.1) is 23.5 Å². The first kappa shape index (κ1) is 12.4.